The summed E-state index contributed by atoms with van der Waals surface area (Å²) < 4.78 is 5.21. The van der Waals surface area contributed by atoms with Crippen LogP contribution >= 0.6 is 0 Å². The number of anilines is 3. The highest BCUT2D eigenvalue weighted by molar-refractivity contribution is 5.99. The molecule has 0 fully saturated rings. The van der Waals surface area contributed by atoms with Crippen molar-refractivity contribution in [2.24, 2.45) is 0 Å². The molecule has 1 aromatic heterocycles. The van der Waals surface area contributed by atoms with E-state index in [0.717, 1.165) is 39.6 Å². The Morgan fingerprint density at radius 2 is 1.83 bits per heavy atom. The fraction of sp³-hybridized carbons (Fsp3) is 0.217. The quantitative estimate of drug-likeness (QED) is 0.646. The molecule has 0 spiro atoms. The van der Waals surface area contributed by atoms with Crippen LogP contribution in [0.1, 0.15) is 34.5 Å². The summed E-state index contributed by atoms with van der Waals surface area (Å²) in [7, 11) is 3.49. The first kappa shape index (κ1) is 18.8. The lowest BCUT2D eigenvalue weighted by atomic mass is 10.0. The van der Waals surface area contributed by atoms with Crippen LogP contribution in [0.5, 0.6) is 5.75 Å². The van der Waals surface area contributed by atoms with Crippen LogP contribution < -0.4 is 15.4 Å². The molecule has 0 aliphatic carbocycles. The van der Waals surface area contributed by atoms with E-state index in [1.165, 1.54) is 0 Å². The van der Waals surface area contributed by atoms with Gasteiger partial charge in [-0.15, -0.1) is 0 Å². The zero-order valence-electron chi connectivity index (χ0n) is 16.8. The van der Waals surface area contributed by atoms with Crippen molar-refractivity contribution in [2.45, 2.75) is 19.5 Å². The SMILES string of the molecule is CNc1cc(Nc2ccc3c(c2)C(C)N(Cc2ccc(OC)cc2)C3=O)ccn1. The van der Waals surface area contributed by atoms with E-state index in [2.05, 4.69) is 28.6 Å². The fourth-order valence-corrected chi connectivity index (χ4v) is 3.63. The van der Waals surface area contributed by atoms with Crippen LogP contribution in [0.15, 0.2) is 60.8 Å². The second-order valence-corrected chi connectivity index (χ2v) is 7.06. The molecule has 1 unspecified atom stereocenters. The Balaban J connectivity index is 1.54. The molecule has 1 aliphatic rings. The van der Waals surface area contributed by atoms with Gasteiger partial charge in [-0.25, -0.2) is 4.98 Å². The Kier molecular flexibility index (Phi) is 5.08. The van der Waals surface area contributed by atoms with Crippen LogP contribution in [0.25, 0.3) is 0 Å². The molecule has 6 nitrogen and oxygen atoms in total. The maximum atomic E-state index is 13.0. The van der Waals surface area contributed by atoms with Crippen molar-refractivity contribution in [3.63, 3.8) is 0 Å². The van der Waals surface area contributed by atoms with Crippen molar-refractivity contribution < 1.29 is 9.53 Å². The van der Waals surface area contributed by atoms with Gasteiger partial charge in [0.15, 0.2) is 0 Å². The van der Waals surface area contributed by atoms with Crippen molar-refractivity contribution in [1.29, 1.82) is 0 Å². The molecule has 0 radical (unpaired) electrons. The van der Waals surface area contributed by atoms with Crippen molar-refractivity contribution in [1.82, 2.24) is 9.88 Å². The molecule has 29 heavy (non-hydrogen) atoms. The number of benzene rings is 2. The van der Waals surface area contributed by atoms with Gasteiger partial charge >= 0.3 is 0 Å². The van der Waals surface area contributed by atoms with Gasteiger partial charge in [0, 0.05) is 42.8 Å². The van der Waals surface area contributed by atoms with Crippen LogP contribution in [-0.2, 0) is 6.54 Å². The smallest absolute Gasteiger partial charge is 0.255 e. The van der Waals surface area contributed by atoms with E-state index in [-0.39, 0.29) is 11.9 Å². The molecule has 2 N–H and O–H groups in total. The number of methoxy groups -OCH3 is 1. The topological polar surface area (TPSA) is 66.5 Å². The summed E-state index contributed by atoms with van der Waals surface area (Å²) in [6.45, 7) is 2.64. The summed E-state index contributed by atoms with van der Waals surface area (Å²) in [4.78, 5) is 19.1. The Bertz CT molecular complexity index is 1030. The first-order valence-electron chi connectivity index (χ1n) is 9.57. The Labute approximate surface area is 170 Å². The predicted octanol–water partition coefficient (Wildman–Crippen LogP) is 4.59. The maximum absolute atomic E-state index is 13.0. The van der Waals surface area contributed by atoms with Crippen LogP contribution in [0.2, 0.25) is 0 Å². The van der Waals surface area contributed by atoms with E-state index >= 15 is 0 Å². The predicted molar refractivity (Wildman–Crippen MR) is 115 cm³/mol. The van der Waals surface area contributed by atoms with E-state index in [9.17, 15) is 4.79 Å². The largest absolute Gasteiger partial charge is 0.497 e. The zero-order chi connectivity index (χ0) is 20.4. The molecular formula is C23H24N4O2. The van der Waals surface area contributed by atoms with Gasteiger partial charge in [0.25, 0.3) is 5.91 Å². The normalized spacial score (nSPS) is 15.2. The third-order valence-corrected chi connectivity index (χ3v) is 5.28. The Hall–Kier alpha value is -3.54. The highest BCUT2D eigenvalue weighted by Crippen LogP contribution is 2.36. The van der Waals surface area contributed by atoms with Gasteiger partial charge in [-0.3, -0.25) is 4.79 Å². The monoisotopic (exact) mass is 388 g/mol. The standard InChI is InChI=1S/C23H24N4O2/c1-15-21-12-17(26-18-10-11-25-22(13-18)24-2)6-9-20(21)23(28)27(15)14-16-4-7-19(29-3)8-5-16/h4-13,15H,14H2,1-3H3,(H2,24,25,26). The minimum Gasteiger partial charge on any atom is -0.497 e. The molecule has 1 amide bonds. The van der Waals surface area contributed by atoms with E-state index in [1.54, 1.807) is 13.3 Å². The van der Waals surface area contributed by atoms with Crippen LogP contribution in [0, 0.1) is 0 Å². The number of aromatic nitrogens is 1. The summed E-state index contributed by atoms with van der Waals surface area (Å²) in [6, 6.07) is 17.6. The molecule has 2 aromatic carbocycles. The molecule has 3 aromatic rings. The number of ether oxygens (including phenoxy) is 1. The minimum atomic E-state index is 0.00617. The number of hydrogen-bond donors (Lipinski definition) is 2. The van der Waals surface area contributed by atoms with Gasteiger partial charge in [0.1, 0.15) is 11.6 Å². The van der Waals surface area contributed by atoms with Gasteiger partial charge in [-0.1, -0.05) is 12.1 Å². The molecule has 6 heteroatoms. The molecule has 1 atom stereocenters. The second-order valence-electron chi connectivity index (χ2n) is 7.06. The van der Waals surface area contributed by atoms with Crippen LogP contribution in [0.3, 0.4) is 0 Å². The lowest BCUT2D eigenvalue weighted by Crippen LogP contribution is -2.26. The number of carbonyl (C=O) groups excluding carboxylic acids is 1. The number of nitrogens with one attached hydrogen (secondary N) is 2. The van der Waals surface area contributed by atoms with Crippen LogP contribution in [0.4, 0.5) is 17.2 Å². The summed E-state index contributed by atoms with van der Waals surface area (Å²) in [5, 5.41) is 6.43. The average Bonchev–Trinajstić information content (AvgIpc) is 2.99. The lowest BCUT2D eigenvalue weighted by molar-refractivity contribution is 0.0723. The van der Waals surface area contributed by atoms with Gasteiger partial charge < -0.3 is 20.3 Å². The third kappa shape index (κ3) is 3.74. The fourth-order valence-electron chi connectivity index (χ4n) is 3.63. The number of nitrogens with zero attached hydrogens (tertiary/aromatic N) is 2. The molecule has 4 rings (SSSR count). The first-order valence-corrected chi connectivity index (χ1v) is 9.57. The molecule has 148 valence electrons. The summed E-state index contributed by atoms with van der Waals surface area (Å²) >= 11 is 0. The second kappa shape index (κ2) is 7.83. The van der Waals surface area contributed by atoms with Gasteiger partial charge in [0.05, 0.1) is 13.2 Å². The van der Waals surface area contributed by atoms with Crippen molar-refractivity contribution in [3.05, 3.63) is 77.5 Å². The maximum Gasteiger partial charge on any atom is 0.255 e. The molecule has 1 aliphatic heterocycles. The van der Waals surface area contributed by atoms with Crippen molar-refractivity contribution in [2.75, 3.05) is 24.8 Å². The number of pyridine rings is 1. The van der Waals surface area contributed by atoms with E-state index in [1.807, 2.05) is 60.5 Å². The van der Waals surface area contributed by atoms with Crippen LogP contribution in [-0.4, -0.2) is 29.9 Å². The lowest BCUT2D eigenvalue weighted by Gasteiger charge is -2.22. The number of carbonyl (C=O) groups is 1. The van der Waals surface area contributed by atoms with Gasteiger partial charge in [0.2, 0.25) is 0 Å². The van der Waals surface area contributed by atoms with E-state index in [4.69, 9.17) is 4.74 Å². The third-order valence-electron chi connectivity index (χ3n) is 5.28. The Morgan fingerprint density at radius 3 is 2.55 bits per heavy atom. The first-order chi connectivity index (χ1) is 14.1. The minimum absolute atomic E-state index is 0.00617. The number of fused-ring (bicyclic) bond motifs is 1. The average molecular weight is 388 g/mol. The highest BCUT2D eigenvalue weighted by atomic mass is 16.5. The summed E-state index contributed by atoms with van der Waals surface area (Å²) in [5.74, 6) is 1.67. The van der Waals surface area contributed by atoms with Crippen molar-refractivity contribution >= 4 is 23.1 Å². The van der Waals surface area contributed by atoms with Crippen molar-refractivity contribution in [3.8, 4) is 5.75 Å². The summed E-state index contributed by atoms with van der Waals surface area (Å²) in [6.07, 6.45) is 1.75. The Morgan fingerprint density at radius 1 is 1.07 bits per heavy atom. The number of hydrogen-bond acceptors (Lipinski definition) is 5. The molecule has 0 saturated heterocycles. The van der Waals surface area contributed by atoms with E-state index < -0.39 is 0 Å². The van der Waals surface area contributed by atoms with Gasteiger partial charge in [-0.05, 0) is 54.4 Å². The molecular weight excluding hydrogens is 364 g/mol. The molecule has 0 bridgehead atoms. The van der Waals surface area contributed by atoms with Gasteiger partial charge in [-0.2, -0.15) is 0 Å². The highest BCUT2D eigenvalue weighted by Gasteiger charge is 2.33. The van der Waals surface area contributed by atoms with E-state index in [0.29, 0.717) is 6.54 Å². The number of amides is 1. The molecule has 2 heterocycles. The summed E-state index contributed by atoms with van der Waals surface area (Å²) in [5.41, 5.74) is 4.77. The number of rotatable bonds is 6. The zero-order valence-corrected chi connectivity index (χ0v) is 16.8. The molecule has 0 saturated carbocycles.